The van der Waals surface area contributed by atoms with Gasteiger partial charge in [-0.1, -0.05) is 23.7 Å². The van der Waals surface area contributed by atoms with Crippen LogP contribution in [-0.2, 0) is 4.74 Å². The van der Waals surface area contributed by atoms with E-state index in [0.717, 1.165) is 24.3 Å². The number of halogens is 1. The predicted molar refractivity (Wildman–Crippen MR) is 85.2 cm³/mol. The van der Waals surface area contributed by atoms with E-state index in [2.05, 4.69) is 15.6 Å². The Bertz CT molecular complexity index is 655. The molecule has 0 unspecified atom stereocenters. The van der Waals surface area contributed by atoms with Crippen molar-refractivity contribution in [3.63, 3.8) is 0 Å². The van der Waals surface area contributed by atoms with Crippen LogP contribution in [0.1, 0.15) is 22.0 Å². The van der Waals surface area contributed by atoms with Gasteiger partial charge in [-0.3, -0.25) is 9.78 Å². The summed E-state index contributed by atoms with van der Waals surface area (Å²) >= 11 is 5.84. The van der Waals surface area contributed by atoms with Crippen molar-refractivity contribution in [2.24, 2.45) is 0 Å². The zero-order chi connectivity index (χ0) is 15.4. The van der Waals surface area contributed by atoms with Gasteiger partial charge in [-0.2, -0.15) is 0 Å². The zero-order valence-electron chi connectivity index (χ0n) is 11.9. The molecule has 1 aromatic heterocycles. The first-order chi connectivity index (χ1) is 10.7. The molecule has 3 rings (SSSR count). The molecule has 0 spiro atoms. The molecule has 2 N–H and O–H groups in total. The van der Waals surface area contributed by atoms with Gasteiger partial charge in [0, 0.05) is 31.2 Å². The maximum Gasteiger partial charge on any atom is 0.257 e. The van der Waals surface area contributed by atoms with Gasteiger partial charge in [0.05, 0.1) is 23.3 Å². The van der Waals surface area contributed by atoms with Crippen molar-refractivity contribution in [3.05, 3.63) is 58.9 Å². The van der Waals surface area contributed by atoms with Gasteiger partial charge in [-0.25, -0.2) is 0 Å². The summed E-state index contributed by atoms with van der Waals surface area (Å²) < 4.78 is 5.69. The second kappa shape index (κ2) is 6.87. The number of pyridine rings is 1. The third-order valence-electron chi connectivity index (χ3n) is 3.44. The topological polar surface area (TPSA) is 63.2 Å². The molecule has 0 bridgehead atoms. The molecule has 5 nitrogen and oxygen atoms in total. The summed E-state index contributed by atoms with van der Waals surface area (Å²) in [6.07, 6.45) is 3.04. The summed E-state index contributed by atoms with van der Waals surface area (Å²) in [7, 11) is 0. The summed E-state index contributed by atoms with van der Waals surface area (Å²) in [6, 6.07) is 9.24. The number of ether oxygens (including phenoxy) is 1. The number of rotatable bonds is 3. The number of nitrogens with zero attached hydrogens (tertiary/aromatic N) is 1. The van der Waals surface area contributed by atoms with E-state index in [0.29, 0.717) is 17.2 Å². The quantitative estimate of drug-likeness (QED) is 0.913. The van der Waals surface area contributed by atoms with Crippen LogP contribution in [0.2, 0.25) is 5.02 Å². The molecule has 1 aliphatic rings. The lowest BCUT2D eigenvalue weighted by molar-refractivity contribution is 0.0277. The molecule has 0 saturated carbocycles. The summed E-state index contributed by atoms with van der Waals surface area (Å²) in [5, 5.41) is 6.55. The molecule has 2 heterocycles. The molecule has 1 aromatic carbocycles. The Balaban J connectivity index is 1.66. The normalized spacial score (nSPS) is 18.0. The molecular weight excluding hydrogens is 302 g/mol. The van der Waals surface area contributed by atoms with Gasteiger partial charge in [0.15, 0.2) is 0 Å². The zero-order valence-corrected chi connectivity index (χ0v) is 12.6. The van der Waals surface area contributed by atoms with E-state index < -0.39 is 0 Å². The minimum absolute atomic E-state index is 0.0654. The second-order valence-corrected chi connectivity index (χ2v) is 5.47. The molecule has 1 aliphatic heterocycles. The fraction of sp³-hybridized carbons (Fsp3) is 0.250. The van der Waals surface area contributed by atoms with E-state index >= 15 is 0 Å². The van der Waals surface area contributed by atoms with E-state index in [1.165, 1.54) is 12.4 Å². The van der Waals surface area contributed by atoms with Crippen molar-refractivity contribution < 1.29 is 9.53 Å². The molecule has 6 heteroatoms. The van der Waals surface area contributed by atoms with Crippen LogP contribution in [0.15, 0.2) is 42.7 Å². The van der Waals surface area contributed by atoms with Crippen molar-refractivity contribution >= 4 is 23.2 Å². The number of aromatic nitrogens is 1. The van der Waals surface area contributed by atoms with Crippen LogP contribution < -0.4 is 10.6 Å². The standard InChI is InChI=1S/C16H16ClN3O2/c17-13-7-12(8-19-9-13)16(21)20-14-3-1-11(2-4-14)15-10-18-5-6-22-15/h1-4,7-9,15,18H,5-6,10H2,(H,20,21)/t15-/m1/s1. The molecule has 1 saturated heterocycles. The molecule has 1 fully saturated rings. The average Bonchev–Trinajstić information content (AvgIpc) is 2.56. The number of morpholine rings is 1. The number of hydrogen-bond donors (Lipinski definition) is 2. The Morgan fingerprint density at radius 2 is 2.14 bits per heavy atom. The van der Waals surface area contributed by atoms with Crippen LogP contribution >= 0.6 is 11.6 Å². The van der Waals surface area contributed by atoms with Crippen molar-refractivity contribution in [1.82, 2.24) is 10.3 Å². The highest BCUT2D eigenvalue weighted by molar-refractivity contribution is 6.30. The van der Waals surface area contributed by atoms with E-state index in [1.54, 1.807) is 6.07 Å². The van der Waals surface area contributed by atoms with Crippen molar-refractivity contribution in [1.29, 1.82) is 0 Å². The number of carbonyl (C=O) groups is 1. The van der Waals surface area contributed by atoms with E-state index in [1.807, 2.05) is 24.3 Å². The van der Waals surface area contributed by atoms with Gasteiger partial charge < -0.3 is 15.4 Å². The highest BCUT2D eigenvalue weighted by Crippen LogP contribution is 2.21. The van der Waals surface area contributed by atoms with Crippen molar-refractivity contribution in [3.8, 4) is 0 Å². The van der Waals surface area contributed by atoms with Gasteiger partial charge in [0.25, 0.3) is 5.91 Å². The fourth-order valence-electron chi connectivity index (χ4n) is 2.30. The van der Waals surface area contributed by atoms with Crippen LogP contribution in [0.25, 0.3) is 0 Å². The average molecular weight is 318 g/mol. The maximum atomic E-state index is 12.1. The van der Waals surface area contributed by atoms with Gasteiger partial charge in [-0.15, -0.1) is 0 Å². The minimum Gasteiger partial charge on any atom is -0.371 e. The Kier molecular flexibility index (Phi) is 4.68. The number of hydrogen-bond acceptors (Lipinski definition) is 4. The van der Waals surface area contributed by atoms with Crippen LogP contribution in [0.4, 0.5) is 5.69 Å². The molecule has 0 radical (unpaired) electrons. The van der Waals surface area contributed by atoms with Crippen LogP contribution in [0.5, 0.6) is 0 Å². The second-order valence-electron chi connectivity index (χ2n) is 5.03. The number of anilines is 1. The van der Waals surface area contributed by atoms with Crippen LogP contribution in [-0.4, -0.2) is 30.6 Å². The third kappa shape index (κ3) is 3.62. The summed E-state index contributed by atoms with van der Waals surface area (Å²) in [5.74, 6) is -0.238. The predicted octanol–water partition coefficient (Wildman–Crippen LogP) is 2.65. The lowest BCUT2D eigenvalue weighted by Crippen LogP contribution is -2.33. The molecule has 22 heavy (non-hydrogen) atoms. The lowest BCUT2D eigenvalue weighted by Gasteiger charge is -2.24. The summed E-state index contributed by atoms with van der Waals surface area (Å²) in [6.45, 7) is 2.41. The maximum absolute atomic E-state index is 12.1. The molecule has 1 atom stereocenters. The van der Waals surface area contributed by atoms with Gasteiger partial charge in [0.2, 0.25) is 0 Å². The van der Waals surface area contributed by atoms with Crippen molar-refractivity contribution in [2.75, 3.05) is 25.0 Å². The SMILES string of the molecule is O=C(Nc1ccc([C@H]2CNCCO2)cc1)c1cncc(Cl)c1. The van der Waals surface area contributed by atoms with Crippen LogP contribution in [0.3, 0.4) is 0 Å². The molecule has 114 valence electrons. The van der Waals surface area contributed by atoms with Gasteiger partial charge >= 0.3 is 0 Å². The number of carbonyl (C=O) groups excluding carboxylic acids is 1. The molecule has 0 aliphatic carbocycles. The number of amides is 1. The first kappa shape index (κ1) is 15.0. The van der Waals surface area contributed by atoms with E-state index in [4.69, 9.17) is 16.3 Å². The van der Waals surface area contributed by atoms with Gasteiger partial charge in [0.1, 0.15) is 0 Å². The highest BCUT2D eigenvalue weighted by Gasteiger charge is 2.15. The lowest BCUT2D eigenvalue weighted by atomic mass is 10.1. The minimum atomic E-state index is -0.238. The Morgan fingerprint density at radius 1 is 1.32 bits per heavy atom. The third-order valence-corrected chi connectivity index (χ3v) is 3.64. The molecule has 2 aromatic rings. The first-order valence-electron chi connectivity index (χ1n) is 7.06. The van der Waals surface area contributed by atoms with Crippen LogP contribution in [0, 0.1) is 0 Å². The first-order valence-corrected chi connectivity index (χ1v) is 7.44. The number of nitrogens with one attached hydrogen (secondary N) is 2. The number of benzene rings is 1. The molecular formula is C16H16ClN3O2. The van der Waals surface area contributed by atoms with Crippen molar-refractivity contribution in [2.45, 2.75) is 6.10 Å². The molecule has 1 amide bonds. The Labute approximate surface area is 133 Å². The smallest absolute Gasteiger partial charge is 0.257 e. The monoisotopic (exact) mass is 317 g/mol. The van der Waals surface area contributed by atoms with E-state index in [9.17, 15) is 4.79 Å². The Morgan fingerprint density at radius 3 is 2.82 bits per heavy atom. The summed E-state index contributed by atoms with van der Waals surface area (Å²) in [5.41, 5.74) is 2.24. The Hall–Kier alpha value is -1.95. The highest BCUT2D eigenvalue weighted by atomic mass is 35.5. The van der Waals surface area contributed by atoms with Gasteiger partial charge in [-0.05, 0) is 23.8 Å². The largest absolute Gasteiger partial charge is 0.371 e. The summed E-state index contributed by atoms with van der Waals surface area (Å²) in [4.78, 5) is 16.0. The van der Waals surface area contributed by atoms with E-state index in [-0.39, 0.29) is 12.0 Å². The fourth-order valence-corrected chi connectivity index (χ4v) is 2.47.